The lowest BCUT2D eigenvalue weighted by molar-refractivity contribution is -0.118. The van der Waals surface area contributed by atoms with Crippen LogP contribution in [0.3, 0.4) is 0 Å². The van der Waals surface area contributed by atoms with Crippen molar-refractivity contribution in [2.24, 2.45) is 0 Å². The van der Waals surface area contributed by atoms with E-state index >= 15 is 0 Å². The number of hydrogen-bond donors (Lipinski definition) is 1. The molecule has 0 unspecified atom stereocenters. The number of nitrogens with zero attached hydrogens (tertiary/aromatic N) is 1. The first-order chi connectivity index (χ1) is 12.7. The molecular formula is C18H16N2O5S. The molecule has 1 aromatic heterocycles. The third kappa shape index (κ3) is 3.50. The van der Waals surface area contributed by atoms with Crippen molar-refractivity contribution in [3.63, 3.8) is 0 Å². The van der Waals surface area contributed by atoms with Gasteiger partial charge in [0.15, 0.2) is 23.2 Å². The van der Waals surface area contributed by atoms with E-state index in [9.17, 15) is 4.79 Å². The van der Waals surface area contributed by atoms with Gasteiger partial charge in [-0.05, 0) is 31.2 Å². The van der Waals surface area contributed by atoms with Crippen molar-refractivity contribution in [2.75, 3.05) is 25.3 Å². The van der Waals surface area contributed by atoms with Gasteiger partial charge in [0.25, 0.3) is 5.91 Å². The van der Waals surface area contributed by atoms with Crippen LogP contribution in [0.1, 0.15) is 6.92 Å². The lowest BCUT2D eigenvalue weighted by atomic mass is 10.3. The number of amides is 1. The van der Waals surface area contributed by atoms with Gasteiger partial charge >= 0.3 is 0 Å². The molecule has 0 spiro atoms. The predicted molar refractivity (Wildman–Crippen MR) is 97.5 cm³/mol. The molecule has 1 aliphatic heterocycles. The number of aromatic nitrogens is 1. The van der Waals surface area contributed by atoms with Gasteiger partial charge in [-0.2, -0.15) is 0 Å². The van der Waals surface area contributed by atoms with Gasteiger partial charge in [0.05, 0.1) is 16.8 Å². The van der Waals surface area contributed by atoms with Crippen molar-refractivity contribution in [1.82, 2.24) is 4.98 Å². The Kier molecular flexibility index (Phi) is 4.49. The second kappa shape index (κ2) is 7.09. The maximum Gasteiger partial charge on any atom is 0.264 e. The van der Waals surface area contributed by atoms with Crippen LogP contribution in [0.2, 0.25) is 0 Å². The van der Waals surface area contributed by atoms with Gasteiger partial charge in [-0.3, -0.25) is 10.1 Å². The highest BCUT2D eigenvalue weighted by molar-refractivity contribution is 7.22. The molecule has 134 valence electrons. The maximum absolute atomic E-state index is 12.1. The molecule has 0 saturated heterocycles. The number of thiazole rings is 1. The smallest absolute Gasteiger partial charge is 0.264 e. The molecule has 7 nitrogen and oxygen atoms in total. The average molecular weight is 372 g/mol. The van der Waals surface area contributed by atoms with E-state index < -0.39 is 0 Å². The molecule has 0 atom stereocenters. The van der Waals surface area contributed by atoms with E-state index in [1.54, 1.807) is 30.3 Å². The van der Waals surface area contributed by atoms with Gasteiger partial charge in [0.2, 0.25) is 6.79 Å². The van der Waals surface area contributed by atoms with Crippen LogP contribution in [0, 0.1) is 0 Å². The molecule has 4 rings (SSSR count). The van der Waals surface area contributed by atoms with Crippen molar-refractivity contribution in [3.05, 3.63) is 36.4 Å². The molecule has 1 amide bonds. The topological polar surface area (TPSA) is 78.9 Å². The summed E-state index contributed by atoms with van der Waals surface area (Å²) in [4.78, 5) is 16.5. The zero-order valence-corrected chi connectivity index (χ0v) is 14.8. The summed E-state index contributed by atoms with van der Waals surface area (Å²) in [5.41, 5.74) is 0.752. The Balaban J connectivity index is 1.36. The Morgan fingerprint density at radius 1 is 1.15 bits per heavy atom. The van der Waals surface area contributed by atoms with Gasteiger partial charge in [0, 0.05) is 12.1 Å². The molecule has 2 aromatic carbocycles. The standard InChI is InChI=1S/C18H16N2O5S/c1-2-22-11-3-5-12(6-4-11)23-9-17(21)20-18-19-13-7-14-15(25-10-24-14)8-16(13)26-18/h3-8H,2,9-10H2,1H3,(H,19,20,21). The van der Waals surface area contributed by atoms with Crippen LogP contribution in [-0.4, -0.2) is 30.9 Å². The number of rotatable bonds is 6. The highest BCUT2D eigenvalue weighted by atomic mass is 32.1. The SMILES string of the molecule is CCOc1ccc(OCC(=O)Nc2nc3cc4c(cc3s2)OCO4)cc1. The van der Waals surface area contributed by atoms with Crippen LogP contribution in [0.4, 0.5) is 5.13 Å². The third-order valence-electron chi connectivity index (χ3n) is 3.63. The molecule has 3 aromatic rings. The third-order valence-corrected chi connectivity index (χ3v) is 4.57. The van der Waals surface area contributed by atoms with Crippen molar-refractivity contribution in [2.45, 2.75) is 6.92 Å². The molecule has 0 aliphatic carbocycles. The summed E-state index contributed by atoms with van der Waals surface area (Å²) in [5, 5.41) is 3.25. The van der Waals surface area contributed by atoms with E-state index in [0.29, 0.717) is 29.0 Å². The molecule has 0 saturated carbocycles. The van der Waals surface area contributed by atoms with E-state index in [4.69, 9.17) is 18.9 Å². The zero-order chi connectivity index (χ0) is 17.9. The van der Waals surface area contributed by atoms with Crippen LogP contribution in [-0.2, 0) is 4.79 Å². The number of anilines is 1. The second-order valence-corrected chi connectivity index (χ2v) is 6.46. The van der Waals surface area contributed by atoms with Crippen LogP contribution < -0.4 is 24.3 Å². The van der Waals surface area contributed by atoms with Crippen LogP contribution in [0.25, 0.3) is 10.2 Å². The summed E-state index contributed by atoms with van der Waals surface area (Å²) in [6.07, 6.45) is 0. The summed E-state index contributed by atoms with van der Waals surface area (Å²) in [5.74, 6) is 2.44. The molecule has 0 bridgehead atoms. The van der Waals surface area contributed by atoms with Gasteiger partial charge < -0.3 is 18.9 Å². The molecule has 2 heterocycles. The minimum absolute atomic E-state index is 0.105. The Morgan fingerprint density at radius 3 is 2.58 bits per heavy atom. The fourth-order valence-corrected chi connectivity index (χ4v) is 3.37. The number of benzene rings is 2. The number of carbonyl (C=O) groups is 1. The minimum atomic E-state index is -0.280. The molecule has 8 heteroatoms. The summed E-state index contributed by atoms with van der Waals surface area (Å²) in [7, 11) is 0. The number of ether oxygens (including phenoxy) is 4. The number of hydrogen-bond acceptors (Lipinski definition) is 7. The molecule has 0 radical (unpaired) electrons. The van der Waals surface area contributed by atoms with Crippen molar-refractivity contribution in [1.29, 1.82) is 0 Å². The Labute approximate surface area is 153 Å². The average Bonchev–Trinajstić information content (AvgIpc) is 3.24. The van der Waals surface area contributed by atoms with Gasteiger partial charge in [-0.15, -0.1) is 0 Å². The quantitative estimate of drug-likeness (QED) is 0.714. The second-order valence-electron chi connectivity index (χ2n) is 5.43. The summed E-state index contributed by atoms with van der Waals surface area (Å²) in [6.45, 7) is 2.64. The first kappa shape index (κ1) is 16.5. The molecule has 26 heavy (non-hydrogen) atoms. The van der Waals surface area contributed by atoms with Gasteiger partial charge in [-0.25, -0.2) is 4.98 Å². The highest BCUT2D eigenvalue weighted by Gasteiger charge is 2.17. The minimum Gasteiger partial charge on any atom is -0.494 e. The molecule has 0 fully saturated rings. The number of carbonyl (C=O) groups excluding carboxylic acids is 1. The maximum atomic E-state index is 12.1. The van der Waals surface area contributed by atoms with Crippen molar-refractivity contribution in [3.8, 4) is 23.0 Å². The first-order valence-corrected chi connectivity index (χ1v) is 8.88. The van der Waals surface area contributed by atoms with Gasteiger partial charge in [0.1, 0.15) is 11.5 Å². The predicted octanol–water partition coefficient (Wildman–Crippen LogP) is 3.44. The lowest BCUT2D eigenvalue weighted by Crippen LogP contribution is -2.19. The van der Waals surface area contributed by atoms with Crippen molar-refractivity contribution < 1.29 is 23.7 Å². The van der Waals surface area contributed by atoms with Crippen LogP contribution >= 0.6 is 11.3 Å². The molecule has 1 aliphatic rings. The number of nitrogens with one attached hydrogen (secondary N) is 1. The lowest BCUT2D eigenvalue weighted by Gasteiger charge is -2.07. The molecule has 1 N–H and O–H groups in total. The van der Waals surface area contributed by atoms with E-state index in [1.165, 1.54) is 11.3 Å². The highest BCUT2D eigenvalue weighted by Crippen LogP contribution is 2.38. The van der Waals surface area contributed by atoms with Crippen LogP contribution in [0.5, 0.6) is 23.0 Å². The Morgan fingerprint density at radius 2 is 1.85 bits per heavy atom. The van der Waals surface area contributed by atoms with Crippen molar-refractivity contribution >= 4 is 32.6 Å². The van der Waals surface area contributed by atoms with Crippen LogP contribution in [0.15, 0.2) is 36.4 Å². The van der Waals surface area contributed by atoms with E-state index in [-0.39, 0.29) is 19.3 Å². The van der Waals surface area contributed by atoms with Gasteiger partial charge in [-0.1, -0.05) is 11.3 Å². The normalized spacial score (nSPS) is 12.2. The Hall–Kier alpha value is -3.00. The first-order valence-electron chi connectivity index (χ1n) is 8.07. The number of fused-ring (bicyclic) bond motifs is 2. The summed E-state index contributed by atoms with van der Waals surface area (Å²) in [6, 6.07) is 10.8. The monoisotopic (exact) mass is 372 g/mol. The fourth-order valence-electron chi connectivity index (χ4n) is 2.47. The molecular weight excluding hydrogens is 356 g/mol. The Bertz CT molecular complexity index is 898. The van der Waals surface area contributed by atoms with E-state index in [0.717, 1.165) is 16.0 Å². The van der Waals surface area contributed by atoms with E-state index in [1.807, 2.05) is 13.0 Å². The fraction of sp³-hybridized carbons (Fsp3) is 0.222. The summed E-state index contributed by atoms with van der Waals surface area (Å²) >= 11 is 1.37. The zero-order valence-electron chi connectivity index (χ0n) is 14.0. The summed E-state index contributed by atoms with van der Waals surface area (Å²) < 4.78 is 22.4. The largest absolute Gasteiger partial charge is 0.494 e. The van der Waals surface area contributed by atoms with E-state index in [2.05, 4.69) is 10.3 Å².